The van der Waals surface area contributed by atoms with E-state index >= 15 is 0 Å². The maximum Gasteiger partial charge on any atom is 0.317 e. The van der Waals surface area contributed by atoms with Crippen molar-refractivity contribution in [2.24, 2.45) is 5.73 Å². The van der Waals surface area contributed by atoms with Gasteiger partial charge in [-0.05, 0) is 17.9 Å². The van der Waals surface area contributed by atoms with Crippen LogP contribution in [0.3, 0.4) is 0 Å². The van der Waals surface area contributed by atoms with Gasteiger partial charge < -0.3 is 15.1 Å². The maximum atomic E-state index is 5.48. The minimum absolute atomic E-state index is 0.528. The molecule has 6 heteroatoms. The molecule has 0 aromatic carbocycles. The number of likely N-dealkylation sites (N-methyl/N-ethyl adjacent to an activating group) is 1. The fourth-order valence-corrected chi connectivity index (χ4v) is 2.15. The van der Waals surface area contributed by atoms with Crippen molar-refractivity contribution in [1.82, 2.24) is 10.2 Å². The van der Waals surface area contributed by atoms with Crippen molar-refractivity contribution in [2.75, 3.05) is 25.0 Å². The van der Waals surface area contributed by atoms with E-state index in [1.54, 1.807) is 11.3 Å². The summed E-state index contributed by atoms with van der Waals surface area (Å²) in [6.45, 7) is 1.39. The van der Waals surface area contributed by atoms with Crippen LogP contribution in [-0.2, 0) is 12.8 Å². The lowest BCUT2D eigenvalue weighted by atomic mass is 10.3. The first kappa shape index (κ1) is 12.1. The van der Waals surface area contributed by atoms with E-state index in [0.29, 0.717) is 24.9 Å². The molecular formula is C11H16N4OS. The van der Waals surface area contributed by atoms with Crippen LogP contribution in [0, 0.1) is 0 Å². The predicted octanol–water partition coefficient (Wildman–Crippen LogP) is 1.31. The topological polar surface area (TPSA) is 68.2 Å². The quantitative estimate of drug-likeness (QED) is 0.839. The van der Waals surface area contributed by atoms with Gasteiger partial charge in [0.05, 0.1) is 0 Å². The Morgan fingerprint density at radius 2 is 2.29 bits per heavy atom. The Bertz CT molecular complexity index is 440. The van der Waals surface area contributed by atoms with Crippen LogP contribution >= 0.6 is 11.3 Å². The third kappa shape index (κ3) is 3.28. The van der Waals surface area contributed by atoms with Crippen LogP contribution in [0.25, 0.3) is 0 Å². The molecule has 0 aliphatic rings. The fraction of sp³-hybridized carbons (Fsp3) is 0.455. The monoisotopic (exact) mass is 252 g/mol. The van der Waals surface area contributed by atoms with Gasteiger partial charge in [0.1, 0.15) is 0 Å². The first-order valence-electron chi connectivity index (χ1n) is 5.55. The lowest BCUT2D eigenvalue weighted by Crippen LogP contribution is -2.20. The molecule has 17 heavy (non-hydrogen) atoms. The van der Waals surface area contributed by atoms with Crippen molar-refractivity contribution in [3.63, 3.8) is 0 Å². The number of anilines is 1. The van der Waals surface area contributed by atoms with E-state index in [-0.39, 0.29) is 0 Å². The summed E-state index contributed by atoms with van der Waals surface area (Å²) in [5.74, 6) is 0.602. The van der Waals surface area contributed by atoms with Gasteiger partial charge >= 0.3 is 6.01 Å². The third-order valence-electron chi connectivity index (χ3n) is 2.41. The first-order valence-corrected chi connectivity index (χ1v) is 6.43. The second-order valence-electron chi connectivity index (χ2n) is 3.77. The fourth-order valence-electron chi connectivity index (χ4n) is 1.45. The van der Waals surface area contributed by atoms with Crippen LogP contribution in [0.4, 0.5) is 6.01 Å². The van der Waals surface area contributed by atoms with Gasteiger partial charge in [-0.2, -0.15) is 0 Å². The molecule has 2 N–H and O–H groups in total. The van der Waals surface area contributed by atoms with Crippen LogP contribution in [0.15, 0.2) is 21.9 Å². The summed E-state index contributed by atoms with van der Waals surface area (Å²) in [4.78, 5) is 3.32. The molecule has 0 saturated heterocycles. The van der Waals surface area contributed by atoms with E-state index in [9.17, 15) is 0 Å². The normalized spacial score (nSPS) is 10.7. The molecule has 0 amide bonds. The van der Waals surface area contributed by atoms with E-state index in [2.05, 4.69) is 27.7 Å². The molecule has 0 radical (unpaired) electrons. The van der Waals surface area contributed by atoms with Crippen LogP contribution < -0.4 is 10.6 Å². The van der Waals surface area contributed by atoms with E-state index in [4.69, 9.17) is 10.2 Å². The lowest BCUT2D eigenvalue weighted by molar-refractivity contribution is 0.490. The molecule has 92 valence electrons. The smallest absolute Gasteiger partial charge is 0.317 e. The van der Waals surface area contributed by atoms with E-state index in [0.717, 1.165) is 13.0 Å². The summed E-state index contributed by atoms with van der Waals surface area (Å²) in [5.41, 5.74) is 5.43. The van der Waals surface area contributed by atoms with Gasteiger partial charge in [-0.1, -0.05) is 11.2 Å². The van der Waals surface area contributed by atoms with E-state index in [1.807, 2.05) is 11.9 Å². The molecule has 0 aliphatic heterocycles. The van der Waals surface area contributed by atoms with Crippen molar-refractivity contribution in [1.29, 1.82) is 0 Å². The largest absolute Gasteiger partial charge is 0.408 e. The first-order chi connectivity index (χ1) is 8.29. The van der Waals surface area contributed by atoms with Gasteiger partial charge in [-0.15, -0.1) is 16.4 Å². The number of rotatable bonds is 6. The highest BCUT2D eigenvalue weighted by Gasteiger charge is 2.10. The summed E-state index contributed by atoms with van der Waals surface area (Å²) in [5, 5.41) is 10.0. The highest BCUT2D eigenvalue weighted by Crippen LogP contribution is 2.13. The molecular weight excluding hydrogens is 236 g/mol. The van der Waals surface area contributed by atoms with Gasteiger partial charge in [-0.3, -0.25) is 0 Å². The average molecular weight is 252 g/mol. The summed E-state index contributed by atoms with van der Waals surface area (Å²) >= 11 is 1.76. The molecule has 2 heterocycles. The minimum atomic E-state index is 0.528. The van der Waals surface area contributed by atoms with Crippen LogP contribution in [0.5, 0.6) is 0 Å². The second-order valence-corrected chi connectivity index (χ2v) is 4.80. The Morgan fingerprint density at radius 1 is 1.41 bits per heavy atom. The Morgan fingerprint density at radius 3 is 3.00 bits per heavy atom. The molecule has 0 saturated carbocycles. The predicted molar refractivity (Wildman–Crippen MR) is 68.3 cm³/mol. The molecule has 0 fully saturated rings. The van der Waals surface area contributed by atoms with Crippen LogP contribution in [0.1, 0.15) is 10.8 Å². The Hall–Kier alpha value is -1.40. The van der Waals surface area contributed by atoms with Gasteiger partial charge in [0.25, 0.3) is 0 Å². The summed E-state index contributed by atoms with van der Waals surface area (Å²) in [6.07, 6.45) is 1.62. The number of nitrogens with zero attached hydrogens (tertiary/aromatic N) is 3. The number of thiophene rings is 1. The average Bonchev–Trinajstić information content (AvgIpc) is 2.97. The minimum Gasteiger partial charge on any atom is -0.408 e. The zero-order chi connectivity index (χ0) is 12.1. The van der Waals surface area contributed by atoms with Gasteiger partial charge in [-0.25, -0.2) is 0 Å². The van der Waals surface area contributed by atoms with Crippen molar-refractivity contribution in [3.05, 3.63) is 28.3 Å². The number of hydrogen-bond donors (Lipinski definition) is 1. The molecule has 2 rings (SSSR count). The molecule has 0 aliphatic carbocycles. The Kier molecular flexibility index (Phi) is 4.11. The molecule has 2 aromatic heterocycles. The summed E-state index contributed by atoms with van der Waals surface area (Å²) in [6, 6.07) is 4.75. The zero-order valence-corrected chi connectivity index (χ0v) is 10.6. The molecule has 0 unspecified atom stereocenters. The zero-order valence-electron chi connectivity index (χ0n) is 9.80. The Labute approximate surface area is 104 Å². The van der Waals surface area contributed by atoms with Crippen molar-refractivity contribution in [3.8, 4) is 0 Å². The molecule has 5 nitrogen and oxygen atoms in total. The molecule has 0 atom stereocenters. The lowest BCUT2D eigenvalue weighted by Gasteiger charge is -2.12. The van der Waals surface area contributed by atoms with Gasteiger partial charge in [0.2, 0.25) is 5.89 Å². The van der Waals surface area contributed by atoms with E-state index in [1.165, 1.54) is 4.88 Å². The van der Waals surface area contributed by atoms with Crippen molar-refractivity contribution >= 4 is 17.4 Å². The maximum absolute atomic E-state index is 5.48. The second kappa shape index (κ2) is 5.79. The number of aromatic nitrogens is 2. The molecule has 0 spiro atoms. The van der Waals surface area contributed by atoms with Gasteiger partial charge in [0, 0.05) is 31.4 Å². The Balaban J connectivity index is 1.88. The highest BCUT2D eigenvalue weighted by molar-refractivity contribution is 7.09. The molecule has 0 bridgehead atoms. The standard InChI is InChI=1S/C11H16N4OS/c1-15(7-5-9-3-2-8-17-9)11-14-13-10(16-11)4-6-12/h2-3,8H,4-7,12H2,1H3. The highest BCUT2D eigenvalue weighted by atomic mass is 32.1. The molecule has 2 aromatic rings. The summed E-state index contributed by atoms with van der Waals surface area (Å²) in [7, 11) is 1.95. The number of hydrogen-bond acceptors (Lipinski definition) is 6. The van der Waals surface area contributed by atoms with Crippen LogP contribution in [-0.4, -0.2) is 30.3 Å². The van der Waals surface area contributed by atoms with Gasteiger partial charge in [0.15, 0.2) is 0 Å². The SMILES string of the molecule is CN(CCc1cccs1)c1nnc(CCN)o1. The van der Waals surface area contributed by atoms with Crippen molar-refractivity contribution in [2.45, 2.75) is 12.8 Å². The van der Waals surface area contributed by atoms with Crippen molar-refractivity contribution < 1.29 is 4.42 Å². The summed E-state index contributed by atoms with van der Waals surface area (Å²) < 4.78 is 5.48. The number of nitrogens with two attached hydrogens (primary N) is 1. The third-order valence-corrected chi connectivity index (χ3v) is 3.35. The van der Waals surface area contributed by atoms with E-state index < -0.39 is 0 Å². The van der Waals surface area contributed by atoms with Crippen LogP contribution in [0.2, 0.25) is 0 Å².